The van der Waals surface area contributed by atoms with Crippen molar-refractivity contribution >= 4 is 69.9 Å². The summed E-state index contributed by atoms with van der Waals surface area (Å²) in [6, 6.07) is 20.4. The van der Waals surface area contributed by atoms with E-state index in [0.29, 0.717) is 28.3 Å². The molecule has 306 valence electrons. The first-order valence-electron chi connectivity index (χ1n) is 16.3. The van der Waals surface area contributed by atoms with Crippen LogP contribution in [-0.2, 0) is 23.7 Å². The Balaban J connectivity index is 0.000000550. The van der Waals surface area contributed by atoms with Crippen LogP contribution >= 0.6 is 0 Å². The van der Waals surface area contributed by atoms with Crippen LogP contribution in [0.3, 0.4) is 0 Å². The number of amides is 3. The lowest BCUT2D eigenvalue weighted by Gasteiger charge is -2.04. The normalized spacial score (nSPS) is 11.1. The number of nitrogens with two attached hydrogens (primary N) is 1. The molecule has 2 aromatic carbocycles. The minimum Gasteiger partial charge on any atom is -0.475 e. The maximum atomic E-state index is 13.0. The van der Waals surface area contributed by atoms with E-state index in [4.69, 9.17) is 30.9 Å². The number of carbonyl (C=O) groups excluding carboxylic acids is 3. The number of pyridine rings is 1. The Morgan fingerprint density at radius 2 is 1.22 bits per heavy atom. The van der Waals surface area contributed by atoms with Crippen molar-refractivity contribution in [3.8, 4) is 0 Å². The molecule has 21 heteroatoms. The van der Waals surface area contributed by atoms with Crippen molar-refractivity contribution in [2.75, 3.05) is 17.2 Å². The number of rotatable bonds is 10. The highest BCUT2D eigenvalue weighted by Gasteiger charge is 2.38. The lowest BCUT2D eigenvalue weighted by molar-refractivity contribution is -0.193. The third kappa shape index (κ3) is 13.7. The summed E-state index contributed by atoms with van der Waals surface area (Å²) in [5, 5.41) is 30.9. The summed E-state index contributed by atoms with van der Waals surface area (Å²) in [6.45, 7) is 0.240. The van der Waals surface area contributed by atoms with Crippen LogP contribution in [0.2, 0.25) is 0 Å². The molecule has 0 aliphatic carbocycles. The molecule has 5 aromatic rings. The van der Waals surface area contributed by atoms with Gasteiger partial charge in [-0.1, -0.05) is 42.5 Å². The van der Waals surface area contributed by atoms with Crippen LogP contribution in [0, 0.1) is 5.41 Å². The van der Waals surface area contributed by atoms with E-state index in [0.717, 1.165) is 22.0 Å². The first kappa shape index (κ1) is 44.9. The zero-order chi connectivity index (χ0) is 43.4. The molecule has 0 aliphatic rings. The molecular weight excluding hydrogens is 782 g/mol. The first-order valence-corrected chi connectivity index (χ1v) is 16.3. The summed E-state index contributed by atoms with van der Waals surface area (Å²) in [7, 11) is 3.40. The number of alkyl halides is 6. The molecule has 3 aromatic heterocycles. The number of aliphatic carboxylic acids is 2. The number of amidine groups is 1. The predicted molar refractivity (Wildman–Crippen MR) is 200 cm³/mol. The number of carbonyl (C=O) groups is 5. The molecule has 5 rings (SSSR count). The van der Waals surface area contributed by atoms with Crippen molar-refractivity contribution in [2.24, 2.45) is 19.8 Å². The molecule has 3 heterocycles. The summed E-state index contributed by atoms with van der Waals surface area (Å²) in [5.41, 5.74) is 10.2. The second-order valence-electron chi connectivity index (χ2n) is 11.9. The highest BCUT2D eigenvalue weighted by molar-refractivity contribution is 6.07. The summed E-state index contributed by atoms with van der Waals surface area (Å²) in [5.74, 6) is -6.58. The van der Waals surface area contributed by atoms with E-state index >= 15 is 0 Å². The lowest BCUT2D eigenvalue weighted by Crippen LogP contribution is -2.28. The van der Waals surface area contributed by atoms with Gasteiger partial charge in [0, 0.05) is 56.6 Å². The molecule has 0 saturated carbocycles. The molecule has 0 atom stereocenters. The largest absolute Gasteiger partial charge is 0.490 e. The summed E-state index contributed by atoms with van der Waals surface area (Å²) in [6.07, 6.45) is -0.870. The zero-order valence-corrected chi connectivity index (χ0v) is 30.3. The van der Waals surface area contributed by atoms with E-state index in [-0.39, 0.29) is 30.6 Å². The molecule has 0 bridgehead atoms. The maximum absolute atomic E-state index is 13.0. The fourth-order valence-corrected chi connectivity index (χ4v) is 4.63. The number of carboxylic acid groups (broad SMARTS) is 2. The Morgan fingerprint density at radius 1 is 0.741 bits per heavy atom. The molecule has 58 heavy (non-hydrogen) atoms. The second-order valence-corrected chi connectivity index (χ2v) is 11.9. The standard InChI is InChI=1S/C33H32N8O3.2C2HF3O2/c1-40-20-26(16-28(40)32(43)36-14-13-30(34)35)39-33(44)29-17-25(19-41(29)2)38-31(42)23-11-9-21(10-12-23)7-8-22-15-24-5-3-4-6-27(24)37-18-22;2*3-2(4,5)1(6)7/h3-12,15-20H,13-14H2,1-2H3,(H3,34,35)(H,36,43)(H,38,42)(H,39,44);2*(H,6,7)/b8-7+;;. The quantitative estimate of drug-likeness (QED) is 0.0504. The topological polar surface area (TPSA) is 235 Å². The predicted octanol–water partition coefficient (Wildman–Crippen LogP) is 5.91. The minimum atomic E-state index is -5.08. The molecule has 15 nitrogen and oxygen atoms in total. The SMILES string of the molecule is Cn1cc(NC(=O)c2cc(NC(=O)c3ccc(/C=C/c4cnc5ccccc5c4)cc3)cn2C)cc1C(=O)NCCC(=N)N.O=C(O)C(F)(F)F.O=C(O)C(F)(F)F. The Kier molecular flexibility index (Phi) is 15.0. The monoisotopic (exact) mass is 816 g/mol. The second kappa shape index (κ2) is 19.4. The summed E-state index contributed by atoms with van der Waals surface area (Å²) in [4.78, 5) is 60.6. The van der Waals surface area contributed by atoms with Gasteiger partial charge in [0.15, 0.2) is 0 Å². The van der Waals surface area contributed by atoms with Crippen molar-refractivity contribution < 1.29 is 60.5 Å². The Morgan fingerprint density at radius 3 is 1.74 bits per heavy atom. The van der Waals surface area contributed by atoms with Crippen LogP contribution in [0.15, 0.2) is 85.3 Å². The number of fused-ring (bicyclic) bond motifs is 1. The van der Waals surface area contributed by atoms with Gasteiger partial charge in [0.05, 0.1) is 22.7 Å². The number of hydrogen-bond acceptors (Lipinski definition) is 7. The number of carboxylic acids is 2. The third-order valence-electron chi connectivity index (χ3n) is 7.41. The Labute approximate surface area is 324 Å². The molecule has 3 amide bonds. The van der Waals surface area contributed by atoms with Crippen LogP contribution in [-0.4, -0.2) is 78.7 Å². The van der Waals surface area contributed by atoms with Gasteiger partial charge in [-0.25, -0.2) is 9.59 Å². The molecule has 0 radical (unpaired) electrons. The van der Waals surface area contributed by atoms with E-state index in [9.17, 15) is 40.7 Å². The number of para-hydroxylation sites is 1. The molecular formula is C37H34F6N8O7. The van der Waals surface area contributed by atoms with Crippen molar-refractivity contribution in [2.45, 2.75) is 18.8 Å². The minimum absolute atomic E-state index is 0.0136. The van der Waals surface area contributed by atoms with E-state index in [1.54, 1.807) is 59.9 Å². The molecule has 0 fully saturated rings. The molecule has 0 spiro atoms. The smallest absolute Gasteiger partial charge is 0.475 e. The molecule has 0 aliphatic heterocycles. The summed E-state index contributed by atoms with van der Waals surface area (Å²) >= 11 is 0. The number of hydrogen-bond donors (Lipinski definition) is 7. The number of nitrogens with zero attached hydrogens (tertiary/aromatic N) is 3. The molecule has 8 N–H and O–H groups in total. The third-order valence-corrected chi connectivity index (χ3v) is 7.41. The number of aryl methyl sites for hydroxylation is 2. The van der Waals surface area contributed by atoms with Crippen molar-refractivity contribution in [3.63, 3.8) is 0 Å². The summed E-state index contributed by atoms with van der Waals surface area (Å²) < 4.78 is 66.7. The Bertz CT molecular complexity index is 2310. The maximum Gasteiger partial charge on any atom is 0.490 e. The van der Waals surface area contributed by atoms with Crippen molar-refractivity contribution in [1.82, 2.24) is 19.4 Å². The number of halogens is 6. The van der Waals surface area contributed by atoms with Crippen molar-refractivity contribution in [3.05, 3.63) is 113 Å². The van der Waals surface area contributed by atoms with Gasteiger partial charge in [0.1, 0.15) is 11.4 Å². The molecule has 0 saturated heterocycles. The fourth-order valence-electron chi connectivity index (χ4n) is 4.63. The van der Waals surface area contributed by atoms with E-state index in [1.807, 2.05) is 54.7 Å². The number of nitrogens with one attached hydrogen (secondary N) is 4. The highest BCUT2D eigenvalue weighted by atomic mass is 19.4. The molecule has 0 unspecified atom stereocenters. The van der Waals surface area contributed by atoms with E-state index in [1.165, 1.54) is 0 Å². The van der Waals surface area contributed by atoms with Crippen LogP contribution in [0.1, 0.15) is 48.9 Å². The van der Waals surface area contributed by atoms with Crippen LogP contribution in [0.5, 0.6) is 0 Å². The highest BCUT2D eigenvalue weighted by Crippen LogP contribution is 2.20. The van der Waals surface area contributed by atoms with Gasteiger partial charge < -0.3 is 41.0 Å². The van der Waals surface area contributed by atoms with Gasteiger partial charge in [-0.05, 0) is 47.5 Å². The van der Waals surface area contributed by atoms with Gasteiger partial charge in [-0.3, -0.25) is 24.8 Å². The Hall–Kier alpha value is -7.45. The fraction of sp³-hybridized carbons (Fsp3) is 0.162. The van der Waals surface area contributed by atoms with Gasteiger partial charge in [0.2, 0.25) is 0 Å². The average Bonchev–Trinajstić information content (AvgIpc) is 3.70. The number of benzene rings is 2. The number of aromatic nitrogens is 3. The van der Waals surface area contributed by atoms with E-state index in [2.05, 4.69) is 27.0 Å². The average molecular weight is 817 g/mol. The van der Waals surface area contributed by atoms with Gasteiger partial charge in [0.25, 0.3) is 17.7 Å². The van der Waals surface area contributed by atoms with Crippen LogP contribution < -0.4 is 21.7 Å². The van der Waals surface area contributed by atoms with Gasteiger partial charge >= 0.3 is 24.3 Å². The van der Waals surface area contributed by atoms with Crippen LogP contribution in [0.4, 0.5) is 37.7 Å². The zero-order valence-electron chi connectivity index (χ0n) is 30.3. The lowest BCUT2D eigenvalue weighted by atomic mass is 10.1. The van der Waals surface area contributed by atoms with Crippen LogP contribution in [0.25, 0.3) is 23.1 Å². The number of anilines is 2. The van der Waals surface area contributed by atoms with E-state index < -0.39 is 30.2 Å². The van der Waals surface area contributed by atoms with Crippen molar-refractivity contribution in [1.29, 1.82) is 5.41 Å². The van der Waals surface area contributed by atoms with Gasteiger partial charge in [-0.15, -0.1) is 0 Å². The first-order chi connectivity index (χ1) is 27.0. The van der Waals surface area contributed by atoms with Gasteiger partial charge in [-0.2, -0.15) is 26.3 Å².